The molecule has 0 radical (unpaired) electrons. The Labute approximate surface area is 192 Å². The van der Waals surface area contributed by atoms with Crippen molar-refractivity contribution < 1.29 is 19.7 Å². The van der Waals surface area contributed by atoms with Crippen LogP contribution in [0, 0.1) is 0 Å². The van der Waals surface area contributed by atoms with Crippen LogP contribution in [-0.2, 0) is 11.3 Å². The van der Waals surface area contributed by atoms with Crippen LogP contribution in [0.4, 0.5) is 4.79 Å². The van der Waals surface area contributed by atoms with Gasteiger partial charge in [-0.3, -0.25) is 9.88 Å². The number of nitrogens with zero attached hydrogens (tertiary/aromatic N) is 3. The van der Waals surface area contributed by atoms with Crippen LogP contribution in [0.1, 0.15) is 58.2 Å². The summed E-state index contributed by atoms with van der Waals surface area (Å²) < 4.78 is 5.36. The number of aromatic nitrogens is 1. The zero-order valence-corrected chi connectivity index (χ0v) is 20.0. The number of hydrogen-bond donors (Lipinski definition) is 3. The molecule has 8 heteroatoms. The van der Waals surface area contributed by atoms with Crippen molar-refractivity contribution >= 4 is 11.8 Å². The molecule has 1 fully saturated rings. The first-order valence-corrected chi connectivity index (χ1v) is 11.6. The Hall–Kier alpha value is -2.16. The van der Waals surface area contributed by atoms with E-state index in [1.165, 1.54) is 5.56 Å². The highest BCUT2D eigenvalue weighted by Crippen LogP contribution is 2.21. The number of carbonyl (C=O) groups excluding carboxylic acids is 1. The third-order valence-electron chi connectivity index (χ3n) is 5.28. The van der Waals surface area contributed by atoms with Gasteiger partial charge in [0, 0.05) is 45.0 Å². The lowest BCUT2D eigenvalue weighted by molar-refractivity contribution is 0.0477. The van der Waals surface area contributed by atoms with Gasteiger partial charge in [0.15, 0.2) is 0 Å². The molecule has 1 aliphatic rings. The van der Waals surface area contributed by atoms with Crippen LogP contribution in [0.25, 0.3) is 5.70 Å². The summed E-state index contributed by atoms with van der Waals surface area (Å²) in [5, 5.41) is 21.8. The second kappa shape index (κ2) is 12.8. The molecule has 0 atom stereocenters. The smallest absolute Gasteiger partial charge is 0.407 e. The first kappa shape index (κ1) is 26.1. The number of piperidine rings is 1. The number of aliphatic hydroxyl groups is 2. The normalized spacial score (nSPS) is 16.1. The van der Waals surface area contributed by atoms with Crippen molar-refractivity contribution in [2.24, 2.45) is 0 Å². The fraction of sp³-hybridized carbons (Fsp3) is 0.667. The highest BCUT2D eigenvalue weighted by Gasteiger charge is 2.24. The summed E-state index contributed by atoms with van der Waals surface area (Å²) in [6.45, 7) is 11.2. The molecule has 0 spiro atoms. The molecule has 180 valence electrons. The van der Waals surface area contributed by atoms with Crippen LogP contribution in [-0.4, -0.2) is 82.1 Å². The maximum absolute atomic E-state index is 12.0. The Morgan fingerprint density at radius 2 is 1.94 bits per heavy atom. The number of pyridine rings is 1. The number of ether oxygens (including phenoxy) is 1. The summed E-state index contributed by atoms with van der Waals surface area (Å²) in [6.07, 6.45) is 6.18. The van der Waals surface area contributed by atoms with Gasteiger partial charge < -0.3 is 25.2 Å². The first-order chi connectivity index (χ1) is 15.3. The Kier molecular flexibility index (Phi) is 10.4. The number of nitrogens with one attached hydrogen (secondary N) is 1. The molecule has 0 aliphatic carbocycles. The summed E-state index contributed by atoms with van der Waals surface area (Å²) in [5.74, 6) is 0. The summed E-state index contributed by atoms with van der Waals surface area (Å²) in [4.78, 5) is 20.9. The summed E-state index contributed by atoms with van der Waals surface area (Å²) in [7, 11) is 0. The van der Waals surface area contributed by atoms with Crippen LogP contribution in [0.15, 0.2) is 24.4 Å². The molecule has 0 unspecified atom stereocenters. The topological polar surface area (TPSA) is 98.2 Å². The van der Waals surface area contributed by atoms with Crippen molar-refractivity contribution in [3.8, 4) is 0 Å². The molecule has 2 heterocycles. The third-order valence-corrected chi connectivity index (χ3v) is 5.28. The molecule has 8 nitrogen and oxygen atoms in total. The Morgan fingerprint density at radius 3 is 2.50 bits per heavy atom. The predicted octanol–water partition coefficient (Wildman–Crippen LogP) is 2.61. The van der Waals surface area contributed by atoms with Crippen LogP contribution >= 0.6 is 0 Å². The van der Waals surface area contributed by atoms with Crippen molar-refractivity contribution in [3.05, 3.63) is 35.7 Å². The lowest BCUT2D eigenvalue weighted by Crippen LogP contribution is -2.45. The van der Waals surface area contributed by atoms with Crippen LogP contribution < -0.4 is 5.32 Å². The van der Waals surface area contributed by atoms with Gasteiger partial charge in [-0.15, -0.1) is 0 Å². The van der Waals surface area contributed by atoms with Gasteiger partial charge in [0.1, 0.15) is 5.60 Å². The van der Waals surface area contributed by atoms with Gasteiger partial charge in [0.05, 0.1) is 24.6 Å². The maximum Gasteiger partial charge on any atom is 0.407 e. The molecule has 3 N–H and O–H groups in total. The number of amides is 1. The number of carbonyl (C=O) groups is 1. The lowest BCUT2D eigenvalue weighted by Gasteiger charge is -2.33. The van der Waals surface area contributed by atoms with Gasteiger partial charge >= 0.3 is 6.09 Å². The molecule has 1 aromatic heterocycles. The van der Waals surface area contributed by atoms with E-state index in [1.807, 2.05) is 37.9 Å². The number of likely N-dealkylation sites (tertiary alicyclic amines) is 1. The van der Waals surface area contributed by atoms with Gasteiger partial charge in [-0.25, -0.2) is 4.79 Å². The van der Waals surface area contributed by atoms with Gasteiger partial charge in [-0.1, -0.05) is 13.0 Å². The van der Waals surface area contributed by atoms with Gasteiger partial charge in [-0.05, 0) is 57.7 Å². The second-order valence-electron chi connectivity index (χ2n) is 9.18. The van der Waals surface area contributed by atoms with Gasteiger partial charge in [0.25, 0.3) is 0 Å². The van der Waals surface area contributed by atoms with Gasteiger partial charge in [0.2, 0.25) is 0 Å². The first-order valence-electron chi connectivity index (χ1n) is 11.6. The molecule has 1 aliphatic heterocycles. The Bertz CT molecular complexity index is 734. The molecule has 2 rings (SSSR count). The van der Waals surface area contributed by atoms with E-state index in [0.717, 1.165) is 50.3 Å². The van der Waals surface area contributed by atoms with Crippen molar-refractivity contribution in [2.45, 2.75) is 65.1 Å². The Balaban J connectivity index is 1.97. The summed E-state index contributed by atoms with van der Waals surface area (Å²) in [6, 6.07) is 4.26. The molecule has 0 bridgehead atoms. The van der Waals surface area contributed by atoms with E-state index < -0.39 is 5.60 Å². The maximum atomic E-state index is 12.0. The molecule has 0 aromatic carbocycles. The van der Waals surface area contributed by atoms with Crippen molar-refractivity contribution in [1.29, 1.82) is 0 Å². The average Bonchev–Trinajstić information content (AvgIpc) is 2.72. The number of hydrogen-bond acceptors (Lipinski definition) is 7. The third kappa shape index (κ3) is 8.76. The summed E-state index contributed by atoms with van der Waals surface area (Å²) >= 11 is 0. The highest BCUT2D eigenvalue weighted by atomic mass is 16.6. The zero-order chi connectivity index (χ0) is 23.6. The number of rotatable bonds is 10. The minimum absolute atomic E-state index is 0.0209. The van der Waals surface area contributed by atoms with Crippen molar-refractivity contribution in [2.75, 3.05) is 39.4 Å². The van der Waals surface area contributed by atoms with Crippen molar-refractivity contribution in [3.63, 3.8) is 0 Å². The van der Waals surface area contributed by atoms with E-state index in [1.54, 1.807) is 0 Å². The largest absolute Gasteiger partial charge is 0.444 e. The molecular weight excluding hydrogens is 408 g/mol. The highest BCUT2D eigenvalue weighted by molar-refractivity contribution is 5.68. The molecule has 1 amide bonds. The van der Waals surface area contributed by atoms with Crippen LogP contribution in [0.5, 0.6) is 0 Å². The van der Waals surface area contributed by atoms with E-state index in [-0.39, 0.29) is 25.3 Å². The van der Waals surface area contributed by atoms with E-state index in [9.17, 15) is 15.0 Å². The van der Waals surface area contributed by atoms with Gasteiger partial charge in [-0.2, -0.15) is 0 Å². The SMILES string of the molecule is CC/C=C(\c1cc(CN2CCC(NC(=O)OC(C)(C)C)CC2)ccn1)N(CCO)CCO. The number of alkyl carbamates (subject to hydrolysis) is 1. The lowest BCUT2D eigenvalue weighted by atomic mass is 10.0. The standard InChI is InChI=1S/C24H40N4O4/c1-5-6-22(28(13-15-29)14-16-30)21-17-19(7-10-25-21)18-27-11-8-20(9-12-27)26-23(31)32-24(2,3)4/h6-7,10,17,20,29-30H,5,8-9,11-16,18H2,1-4H3,(H,26,31)/b22-6+. The van der Waals surface area contributed by atoms with Crippen molar-refractivity contribution in [1.82, 2.24) is 20.1 Å². The summed E-state index contributed by atoms with van der Waals surface area (Å²) in [5.41, 5.74) is 2.48. The second-order valence-corrected chi connectivity index (χ2v) is 9.18. The molecule has 1 aromatic rings. The fourth-order valence-corrected chi connectivity index (χ4v) is 3.86. The Morgan fingerprint density at radius 1 is 1.28 bits per heavy atom. The minimum atomic E-state index is -0.487. The van der Waals surface area contributed by atoms with E-state index in [0.29, 0.717) is 13.1 Å². The molecular formula is C24H40N4O4. The van der Waals surface area contributed by atoms with E-state index in [2.05, 4.69) is 34.3 Å². The molecule has 1 saturated heterocycles. The average molecular weight is 449 g/mol. The monoisotopic (exact) mass is 448 g/mol. The quantitative estimate of drug-likeness (QED) is 0.506. The number of allylic oxidation sites excluding steroid dienone is 1. The van der Waals surface area contributed by atoms with E-state index >= 15 is 0 Å². The zero-order valence-electron chi connectivity index (χ0n) is 20.0. The molecule has 32 heavy (non-hydrogen) atoms. The molecule has 0 saturated carbocycles. The fourth-order valence-electron chi connectivity index (χ4n) is 3.86. The van der Waals surface area contributed by atoms with Crippen LogP contribution in [0.3, 0.4) is 0 Å². The number of aliphatic hydroxyl groups excluding tert-OH is 2. The predicted molar refractivity (Wildman–Crippen MR) is 126 cm³/mol. The van der Waals surface area contributed by atoms with E-state index in [4.69, 9.17) is 4.74 Å². The minimum Gasteiger partial charge on any atom is -0.444 e. The van der Waals surface area contributed by atoms with Crippen LogP contribution in [0.2, 0.25) is 0 Å².